The number of halogens is 1. The molecule has 8 nitrogen and oxygen atoms in total. The number of hydrogen-bond donors (Lipinski definition) is 3. The molecule has 3 N–H and O–H groups in total. The molecule has 2 bridgehead atoms. The Hall–Kier alpha value is -2.74. The fraction of sp³-hybridized carbons (Fsp3) is 0.389. The number of anilines is 1. The van der Waals surface area contributed by atoms with E-state index in [2.05, 4.69) is 20.5 Å². The second-order valence-electron chi connectivity index (χ2n) is 7.04. The number of nitrogens with zero attached hydrogens (tertiary/aromatic N) is 3. The molecule has 0 aromatic carbocycles. The molecule has 0 saturated carbocycles. The van der Waals surface area contributed by atoms with E-state index in [0.717, 1.165) is 25.1 Å². The molecule has 3 aliphatic heterocycles. The lowest BCUT2D eigenvalue weighted by Crippen LogP contribution is -2.63. The third-order valence-electron chi connectivity index (χ3n) is 5.24. The van der Waals surface area contributed by atoms with Crippen molar-refractivity contribution in [3.8, 4) is 0 Å². The number of carboxylic acids is 1. The number of urea groups is 1. The SMILES string of the molecule is CC1(C(=O)O)NC2=C(C=C1Cl)N1CCC[C@@H](C1)N2C(=O)Nc1ccccn1. The largest absolute Gasteiger partial charge is 0.479 e. The lowest BCUT2D eigenvalue weighted by atomic mass is 9.93. The van der Waals surface area contributed by atoms with Gasteiger partial charge in [0.2, 0.25) is 0 Å². The van der Waals surface area contributed by atoms with Crippen molar-refractivity contribution in [1.29, 1.82) is 0 Å². The number of carbonyl (C=O) groups excluding carboxylic acids is 1. The van der Waals surface area contributed by atoms with Crippen molar-refractivity contribution in [2.45, 2.75) is 31.3 Å². The Bertz CT molecular complexity index is 856. The molecule has 1 fully saturated rings. The highest BCUT2D eigenvalue weighted by molar-refractivity contribution is 6.33. The van der Waals surface area contributed by atoms with Crippen LogP contribution in [0.25, 0.3) is 0 Å². The number of pyridine rings is 1. The lowest BCUT2D eigenvalue weighted by Gasteiger charge is -2.50. The van der Waals surface area contributed by atoms with Gasteiger partial charge >= 0.3 is 12.0 Å². The number of carbonyl (C=O) groups is 2. The van der Waals surface area contributed by atoms with E-state index in [9.17, 15) is 14.7 Å². The number of allylic oxidation sites excluding steroid dienone is 1. The molecule has 3 aliphatic rings. The summed E-state index contributed by atoms with van der Waals surface area (Å²) in [4.78, 5) is 32.8. The van der Waals surface area contributed by atoms with Crippen molar-refractivity contribution in [2.75, 3.05) is 18.4 Å². The first kappa shape index (κ1) is 17.7. The van der Waals surface area contributed by atoms with Crippen molar-refractivity contribution in [1.82, 2.24) is 20.1 Å². The van der Waals surface area contributed by atoms with Gasteiger partial charge in [-0.15, -0.1) is 0 Å². The first-order valence-electron chi connectivity index (χ1n) is 8.80. The van der Waals surface area contributed by atoms with Crippen LogP contribution in [-0.2, 0) is 4.79 Å². The monoisotopic (exact) mass is 389 g/mol. The number of amides is 2. The maximum atomic E-state index is 13.1. The molecule has 142 valence electrons. The van der Waals surface area contributed by atoms with E-state index in [-0.39, 0.29) is 17.1 Å². The van der Waals surface area contributed by atoms with E-state index >= 15 is 0 Å². The Balaban J connectivity index is 1.73. The average molecular weight is 390 g/mol. The molecule has 0 spiro atoms. The van der Waals surface area contributed by atoms with Crippen molar-refractivity contribution in [3.63, 3.8) is 0 Å². The summed E-state index contributed by atoms with van der Waals surface area (Å²) < 4.78 is 0. The van der Waals surface area contributed by atoms with E-state index in [1.165, 1.54) is 6.92 Å². The number of fused-ring (bicyclic) bond motifs is 3. The van der Waals surface area contributed by atoms with Gasteiger partial charge in [0.1, 0.15) is 11.6 Å². The Morgan fingerprint density at radius 1 is 1.44 bits per heavy atom. The zero-order valence-corrected chi connectivity index (χ0v) is 15.5. The second-order valence-corrected chi connectivity index (χ2v) is 7.45. The number of piperidine rings is 1. The van der Waals surface area contributed by atoms with Gasteiger partial charge in [-0.05, 0) is 38.0 Å². The summed E-state index contributed by atoms with van der Waals surface area (Å²) in [6, 6.07) is 4.85. The molecule has 1 unspecified atom stereocenters. The standard InChI is InChI=1S/C18H20ClN5O3/c1-18(16(25)26)13(19)9-12-15(22-18)24(11-5-4-8-23(12)10-11)17(27)21-14-6-2-3-7-20-14/h2-3,6-7,9,11,22H,4-5,8,10H2,1H3,(H,25,26)(H,20,21,27)/t11-,18?/m0/s1. The summed E-state index contributed by atoms with van der Waals surface area (Å²) in [6.07, 6.45) is 5.04. The van der Waals surface area contributed by atoms with Crippen LogP contribution in [0.15, 0.2) is 47.0 Å². The average Bonchev–Trinajstić information content (AvgIpc) is 2.65. The first-order chi connectivity index (χ1) is 12.9. The van der Waals surface area contributed by atoms with E-state index in [0.29, 0.717) is 18.2 Å². The molecule has 2 amide bonds. The van der Waals surface area contributed by atoms with Gasteiger partial charge in [-0.3, -0.25) is 10.2 Å². The maximum Gasteiger partial charge on any atom is 0.334 e. The third-order valence-corrected chi connectivity index (χ3v) is 5.73. The molecule has 4 rings (SSSR count). The summed E-state index contributed by atoms with van der Waals surface area (Å²) in [5.41, 5.74) is -0.748. The van der Waals surface area contributed by atoms with E-state index in [1.54, 1.807) is 35.4 Å². The maximum absolute atomic E-state index is 13.1. The van der Waals surface area contributed by atoms with Crippen molar-refractivity contribution in [2.24, 2.45) is 0 Å². The molecular weight excluding hydrogens is 370 g/mol. The molecular formula is C18H20ClN5O3. The summed E-state index contributed by atoms with van der Waals surface area (Å²) in [6.45, 7) is 3.02. The quantitative estimate of drug-likeness (QED) is 0.716. The molecule has 2 atom stereocenters. The fourth-order valence-corrected chi connectivity index (χ4v) is 3.95. The predicted molar refractivity (Wildman–Crippen MR) is 99.8 cm³/mol. The van der Waals surface area contributed by atoms with Crippen LogP contribution >= 0.6 is 11.6 Å². The van der Waals surface area contributed by atoms with Gasteiger partial charge in [-0.1, -0.05) is 17.7 Å². The number of aliphatic carboxylic acids is 1. The van der Waals surface area contributed by atoms with Crippen molar-refractivity contribution < 1.29 is 14.7 Å². The van der Waals surface area contributed by atoms with Gasteiger partial charge in [0.05, 0.1) is 16.8 Å². The Labute approximate surface area is 161 Å². The van der Waals surface area contributed by atoms with E-state index < -0.39 is 11.5 Å². The van der Waals surface area contributed by atoms with Crippen LogP contribution in [0, 0.1) is 0 Å². The molecule has 0 radical (unpaired) electrons. The number of rotatable bonds is 2. The van der Waals surface area contributed by atoms with Gasteiger partial charge in [-0.2, -0.15) is 0 Å². The normalized spacial score (nSPS) is 26.7. The summed E-state index contributed by atoms with van der Waals surface area (Å²) in [5, 5.41) is 15.7. The van der Waals surface area contributed by atoms with E-state index in [4.69, 9.17) is 11.6 Å². The highest BCUT2D eigenvalue weighted by atomic mass is 35.5. The van der Waals surface area contributed by atoms with E-state index in [1.807, 2.05) is 0 Å². The molecule has 0 aliphatic carbocycles. The minimum absolute atomic E-state index is 0.0583. The number of nitrogens with one attached hydrogen (secondary N) is 2. The number of carboxylic acid groups (broad SMARTS) is 1. The van der Waals surface area contributed by atoms with Crippen LogP contribution in [0.3, 0.4) is 0 Å². The fourth-order valence-electron chi connectivity index (χ4n) is 3.71. The molecule has 4 heterocycles. The number of aromatic nitrogens is 1. The Kier molecular flexibility index (Phi) is 4.22. The Morgan fingerprint density at radius 3 is 2.96 bits per heavy atom. The summed E-state index contributed by atoms with van der Waals surface area (Å²) in [7, 11) is 0. The number of dihydropyridines is 1. The summed E-state index contributed by atoms with van der Waals surface area (Å²) in [5.74, 6) is -0.201. The zero-order valence-electron chi connectivity index (χ0n) is 14.8. The predicted octanol–water partition coefficient (Wildman–Crippen LogP) is 2.13. The van der Waals surface area contributed by atoms with Crippen molar-refractivity contribution in [3.05, 3.63) is 47.0 Å². The zero-order chi connectivity index (χ0) is 19.2. The summed E-state index contributed by atoms with van der Waals surface area (Å²) >= 11 is 6.30. The first-order valence-corrected chi connectivity index (χ1v) is 9.17. The van der Waals surface area contributed by atoms with Gasteiger partial charge in [0, 0.05) is 19.3 Å². The van der Waals surface area contributed by atoms with Crippen LogP contribution in [0.1, 0.15) is 19.8 Å². The molecule has 1 saturated heterocycles. The highest BCUT2D eigenvalue weighted by Gasteiger charge is 2.47. The minimum Gasteiger partial charge on any atom is -0.479 e. The van der Waals surface area contributed by atoms with Crippen molar-refractivity contribution >= 4 is 29.4 Å². The van der Waals surface area contributed by atoms with Crippen LogP contribution in [0.2, 0.25) is 0 Å². The van der Waals surface area contributed by atoms with Gasteiger partial charge in [0.15, 0.2) is 5.54 Å². The van der Waals surface area contributed by atoms with Crippen LogP contribution in [0.5, 0.6) is 0 Å². The number of hydrogen-bond acceptors (Lipinski definition) is 5. The third kappa shape index (κ3) is 2.90. The van der Waals surface area contributed by atoms with Gasteiger partial charge in [-0.25, -0.2) is 14.6 Å². The smallest absolute Gasteiger partial charge is 0.334 e. The lowest BCUT2D eigenvalue weighted by molar-refractivity contribution is -0.142. The second kappa shape index (κ2) is 6.45. The van der Waals surface area contributed by atoms with Gasteiger partial charge < -0.3 is 15.3 Å². The molecule has 9 heteroatoms. The van der Waals surface area contributed by atoms with Crippen LogP contribution in [0.4, 0.5) is 10.6 Å². The van der Waals surface area contributed by atoms with Gasteiger partial charge in [0.25, 0.3) is 0 Å². The van der Waals surface area contributed by atoms with Crippen LogP contribution in [-0.4, -0.2) is 56.6 Å². The highest BCUT2D eigenvalue weighted by Crippen LogP contribution is 2.38. The minimum atomic E-state index is -1.49. The molecule has 1 aromatic heterocycles. The topological polar surface area (TPSA) is 97.8 Å². The van der Waals surface area contributed by atoms with Crippen LogP contribution < -0.4 is 10.6 Å². The molecule has 1 aromatic rings. The Morgan fingerprint density at radius 2 is 2.26 bits per heavy atom. The molecule has 27 heavy (non-hydrogen) atoms.